The van der Waals surface area contributed by atoms with Crippen molar-refractivity contribution in [3.05, 3.63) is 84.5 Å². The molecule has 0 saturated carbocycles. The van der Waals surface area contributed by atoms with Crippen LogP contribution in [0.2, 0.25) is 0 Å². The summed E-state index contributed by atoms with van der Waals surface area (Å²) < 4.78 is 16.1. The number of aromatic nitrogens is 2. The van der Waals surface area contributed by atoms with Crippen LogP contribution in [0, 0.1) is 11.7 Å². The molecule has 0 spiro atoms. The smallest absolute Gasteiger partial charge is 0.223 e. The first-order valence-corrected chi connectivity index (χ1v) is 11.3. The van der Waals surface area contributed by atoms with Gasteiger partial charge in [0.25, 0.3) is 0 Å². The van der Waals surface area contributed by atoms with E-state index in [1.54, 1.807) is 12.1 Å². The Kier molecular flexibility index (Phi) is 6.54. The second-order valence-electron chi connectivity index (χ2n) is 8.61. The molecule has 1 saturated heterocycles. The van der Waals surface area contributed by atoms with Crippen LogP contribution in [-0.4, -0.2) is 32.9 Å². The Balaban J connectivity index is 1.40. The molecule has 0 bridgehead atoms. The molecule has 32 heavy (non-hydrogen) atoms. The lowest BCUT2D eigenvalue weighted by atomic mass is 10.1. The number of halogens is 1. The van der Waals surface area contributed by atoms with Crippen molar-refractivity contribution in [3.8, 4) is 0 Å². The average Bonchev–Trinajstić information content (AvgIpc) is 3.37. The molecule has 1 aliphatic rings. The highest BCUT2D eigenvalue weighted by atomic mass is 19.1. The normalized spacial score (nSPS) is 19.0. The SMILES string of the molecule is C=C/C(=C\C)c1ccc2c(ccn2C[C@@H]2CC(C)N(C(=O)CCc3ccccc3F)C2)n1. The molecule has 0 radical (unpaired) electrons. The third-order valence-electron chi connectivity index (χ3n) is 6.45. The Morgan fingerprint density at radius 3 is 2.81 bits per heavy atom. The zero-order valence-corrected chi connectivity index (χ0v) is 18.8. The molecule has 1 aromatic carbocycles. The van der Waals surface area contributed by atoms with Crippen molar-refractivity contribution in [2.45, 2.75) is 45.7 Å². The van der Waals surface area contributed by atoms with Gasteiger partial charge in [-0.05, 0) is 68.0 Å². The third kappa shape index (κ3) is 4.52. The van der Waals surface area contributed by atoms with Crippen molar-refractivity contribution >= 4 is 22.5 Å². The van der Waals surface area contributed by atoms with Crippen LogP contribution in [-0.2, 0) is 17.8 Å². The van der Waals surface area contributed by atoms with Crippen LogP contribution >= 0.6 is 0 Å². The lowest BCUT2D eigenvalue weighted by Crippen LogP contribution is -2.34. The molecule has 1 amide bonds. The summed E-state index contributed by atoms with van der Waals surface area (Å²) in [6, 6.07) is 13.1. The van der Waals surface area contributed by atoms with Gasteiger partial charge in [-0.3, -0.25) is 4.79 Å². The summed E-state index contributed by atoms with van der Waals surface area (Å²) in [7, 11) is 0. The quantitative estimate of drug-likeness (QED) is 0.455. The molecule has 4 rings (SSSR count). The third-order valence-corrected chi connectivity index (χ3v) is 6.45. The highest BCUT2D eigenvalue weighted by Crippen LogP contribution is 2.28. The van der Waals surface area contributed by atoms with E-state index in [4.69, 9.17) is 4.98 Å². The van der Waals surface area contributed by atoms with Gasteiger partial charge >= 0.3 is 0 Å². The van der Waals surface area contributed by atoms with Crippen molar-refractivity contribution in [3.63, 3.8) is 0 Å². The molecule has 4 nitrogen and oxygen atoms in total. The standard InChI is InChI=1S/C27H30FN3O/c1-4-21(5-2)24-11-12-26-25(29-24)14-15-30(26)17-20-16-19(3)31(18-20)27(32)13-10-22-8-6-7-9-23(22)28/h4-9,11-12,14-15,19-20H,1,10,13,16-18H2,2-3H3/b21-5+/t19?,20-/m0/s1. The minimum absolute atomic E-state index is 0.107. The fourth-order valence-electron chi connectivity index (χ4n) is 4.75. The number of nitrogens with zero attached hydrogens (tertiary/aromatic N) is 3. The molecule has 1 unspecified atom stereocenters. The Bertz CT molecular complexity index is 1160. The number of benzene rings is 1. The number of rotatable bonds is 7. The van der Waals surface area contributed by atoms with E-state index >= 15 is 0 Å². The van der Waals surface area contributed by atoms with E-state index < -0.39 is 0 Å². The van der Waals surface area contributed by atoms with Gasteiger partial charge in [0.1, 0.15) is 5.82 Å². The van der Waals surface area contributed by atoms with E-state index in [9.17, 15) is 9.18 Å². The Morgan fingerprint density at radius 2 is 2.06 bits per heavy atom. The maximum Gasteiger partial charge on any atom is 0.223 e. The molecule has 1 fully saturated rings. The molecule has 2 atom stereocenters. The van der Waals surface area contributed by atoms with Crippen LogP contribution in [0.25, 0.3) is 16.6 Å². The largest absolute Gasteiger partial charge is 0.346 e. The lowest BCUT2D eigenvalue weighted by molar-refractivity contribution is -0.131. The van der Waals surface area contributed by atoms with E-state index in [2.05, 4.69) is 30.3 Å². The Morgan fingerprint density at radius 1 is 1.25 bits per heavy atom. The van der Waals surface area contributed by atoms with Crippen molar-refractivity contribution in [2.75, 3.05) is 6.54 Å². The van der Waals surface area contributed by atoms with Crippen LogP contribution in [0.15, 0.2) is 67.4 Å². The van der Waals surface area contributed by atoms with Gasteiger partial charge in [-0.2, -0.15) is 0 Å². The predicted octanol–water partition coefficient (Wildman–Crippen LogP) is 5.63. The summed E-state index contributed by atoms with van der Waals surface area (Å²) in [6.07, 6.45) is 7.66. The first-order valence-electron chi connectivity index (χ1n) is 11.3. The van der Waals surface area contributed by atoms with E-state index in [1.807, 2.05) is 42.2 Å². The van der Waals surface area contributed by atoms with Crippen LogP contribution in [0.3, 0.4) is 0 Å². The number of aryl methyl sites for hydroxylation is 1. The molecule has 166 valence electrons. The number of hydrogen-bond acceptors (Lipinski definition) is 2. The first kappa shape index (κ1) is 22.0. The summed E-state index contributed by atoms with van der Waals surface area (Å²) in [5.74, 6) is 0.255. The van der Waals surface area contributed by atoms with Crippen molar-refractivity contribution in [1.29, 1.82) is 0 Å². The summed E-state index contributed by atoms with van der Waals surface area (Å²) in [4.78, 5) is 19.6. The minimum Gasteiger partial charge on any atom is -0.346 e. The first-order chi connectivity index (χ1) is 15.5. The molecule has 0 aliphatic carbocycles. The molecule has 5 heteroatoms. The molecule has 3 heterocycles. The summed E-state index contributed by atoms with van der Waals surface area (Å²) >= 11 is 0. The zero-order valence-electron chi connectivity index (χ0n) is 18.8. The fraction of sp³-hybridized carbons (Fsp3) is 0.333. The number of carbonyl (C=O) groups excluding carboxylic acids is 1. The number of amides is 1. The predicted molar refractivity (Wildman–Crippen MR) is 128 cm³/mol. The van der Waals surface area contributed by atoms with E-state index in [1.165, 1.54) is 6.07 Å². The second kappa shape index (κ2) is 9.51. The monoisotopic (exact) mass is 431 g/mol. The summed E-state index contributed by atoms with van der Waals surface area (Å²) in [5, 5.41) is 0. The Labute approximate surface area is 189 Å². The topological polar surface area (TPSA) is 38.1 Å². The van der Waals surface area contributed by atoms with Gasteiger partial charge in [-0.15, -0.1) is 0 Å². The summed E-state index contributed by atoms with van der Waals surface area (Å²) in [5.41, 5.74) is 4.62. The van der Waals surface area contributed by atoms with Crippen LogP contribution < -0.4 is 0 Å². The highest BCUT2D eigenvalue weighted by molar-refractivity contribution is 5.81. The number of allylic oxidation sites excluding steroid dienone is 3. The molecule has 2 aromatic heterocycles. The van der Waals surface area contributed by atoms with Gasteiger partial charge in [0.15, 0.2) is 0 Å². The molecular weight excluding hydrogens is 401 g/mol. The second-order valence-corrected chi connectivity index (χ2v) is 8.61. The number of carbonyl (C=O) groups is 1. The zero-order chi connectivity index (χ0) is 22.7. The van der Waals surface area contributed by atoms with Crippen molar-refractivity contribution < 1.29 is 9.18 Å². The van der Waals surface area contributed by atoms with Gasteiger partial charge in [-0.1, -0.05) is 36.9 Å². The number of pyridine rings is 1. The van der Waals surface area contributed by atoms with E-state index in [0.29, 0.717) is 24.3 Å². The average molecular weight is 432 g/mol. The summed E-state index contributed by atoms with van der Waals surface area (Å²) in [6.45, 7) is 9.54. The van der Waals surface area contributed by atoms with Gasteiger partial charge < -0.3 is 9.47 Å². The highest BCUT2D eigenvalue weighted by Gasteiger charge is 2.32. The fourth-order valence-corrected chi connectivity index (χ4v) is 4.75. The van der Waals surface area contributed by atoms with Gasteiger partial charge in [0, 0.05) is 31.7 Å². The van der Waals surface area contributed by atoms with E-state index in [0.717, 1.165) is 41.8 Å². The van der Waals surface area contributed by atoms with Gasteiger partial charge in [0.05, 0.1) is 16.7 Å². The molecular formula is C27H30FN3O. The molecule has 0 N–H and O–H groups in total. The van der Waals surface area contributed by atoms with Crippen molar-refractivity contribution in [1.82, 2.24) is 14.5 Å². The maximum absolute atomic E-state index is 13.9. The lowest BCUT2D eigenvalue weighted by Gasteiger charge is -2.21. The van der Waals surface area contributed by atoms with Crippen LogP contribution in [0.1, 0.15) is 37.9 Å². The molecule has 3 aromatic rings. The number of likely N-dealkylation sites (tertiary alicyclic amines) is 1. The van der Waals surface area contributed by atoms with Crippen LogP contribution in [0.4, 0.5) is 4.39 Å². The van der Waals surface area contributed by atoms with Gasteiger partial charge in [0.2, 0.25) is 5.91 Å². The number of fused-ring (bicyclic) bond motifs is 1. The maximum atomic E-state index is 13.9. The van der Waals surface area contributed by atoms with Crippen molar-refractivity contribution in [2.24, 2.45) is 5.92 Å². The Hall–Kier alpha value is -3.21. The van der Waals surface area contributed by atoms with Crippen LogP contribution in [0.5, 0.6) is 0 Å². The number of hydrogen-bond donors (Lipinski definition) is 0. The minimum atomic E-state index is -0.237. The van der Waals surface area contributed by atoms with E-state index in [-0.39, 0.29) is 17.8 Å². The molecule has 1 aliphatic heterocycles. The van der Waals surface area contributed by atoms with Gasteiger partial charge in [-0.25, -0.2) is 9.37 Å².